The van der Waals surface area contributed by atoms with Crippen LogP contribution in [0.4, 0.5) is 8.78 Å². The van der Waals surface area contributed by atoms with Gasteiger partial charge >= 0.3 is 0 Å². The minimum atomic E-state index is -2.50. The highest BCUT2D eigenvalue weighted by Crippen LogP contribution is 2.36. The molecule has 2 aromatic rings. The third-order valence-corrected chi connectivity index (χ3v) is 3.65. The van der Waals surface area contributed by atoms with Crippen LogP contribution in [0, 0.1) is 0 Å². The normalized spacial score (nSPS) is 10.9. The van der Waals surface area contributed by atoms with Gasteiger partial charge in [-0.25, -0.2) is 8.78 Å². The van der Waals surface area contributed by atoms with Crippen molar-refractivity contribution in [3.05, 3.63) is 57.0 Å². The molecule has 4 heteroatoms. The Bertz CT molecular complexity index is 521. The van der Waals surface area contributed by atoms with Crippen molar-refractivity contribution in [3.63, 3.8) is 0 Å². The summed E-state index contributed by atoms with van der Waals surface area (Å²) in [6.07, 6.45) is -2.50. The van der Waals surface area contributed by atoms with E-state index in [0.29, 0.717) is 10.0 Å². The summed E-state index contributed by atoms with van der Waals surface area (Å²) in [5.74, 6) is 0. The van der Waals surface area contributed by atoms with Crippen molar-refractivity contribution in [2.45, 2.75) is 6.43 Å². The fourth-order valence-corrected chi connectivity index (χ4v) is 2.44. The van der Waals surface area contributed by atoms with Crippen LogP contribution in [0.3, 0.4) is 0 Å². The lowest BCUT2D eigenvalue weighted by molar-refractivity contribution is 0.151. The second-order valence-corrected chi connectivity index (χ2v) is 5.28. The van der Waals surface area contributed by atoms with Crippen LogP contribution in [-0.2, 0) is 0 Å². The molecule has 0 heterocycles. The van der Waals surface area contributed by atoms with Gasteiger partial charge in [0.05, 0.1) is 0 Å². The maximum absolute atomic E-state index is 13.0. The van der Waals surface area contributed by atoms with E-state index in [1.54, 1.807) is 18.2 Å². The highest BCUT2D eigenvalue weighted by atomic mass is 79.9. The predicted molar refractivity (Wildman–Crippen MR) is 72.2 cm³/mol. The second kappa shape index (κ2) is 5.27. The molecule has 0 aliphatic heterocycles. The molecule has 0 aromatic heterocycles. The van der Waals surface area contributed by atoms with E-state index >= 15 is 0 Å². The first kappa shape index (κ1) is 12.7. The van der Waals surface area contributed by atoms with Gasteiger partial charge < -0.3 is 0 Å². The van der Waals surface area contributed by atoms with Gasteiger partial charge in [-0.05, 0) is 29.3 Å². The lowest BCUT2D eigenvalue weighted by Crippen LogP contribution is -1.91. The van der Waals surface area contributed by atoms with Gasteiger partial charge in [0.25, 0.3) is 6.43 Å². The quantitative estimate of drug-likeness (QED) is 0.632. The van der Waals surface area contributed by atoms with Crippen molar-refractivity contribution in [1.82, 2.24) is 0 Å². The largest absolute Gasteiger partial charge is 0.265 e. The topological polar surface area (TPSA) is 0 Å². The summed E-state index contributed by atoms with van der Waals surface area (Å²) in [7, 11) is 0. The van der Waals surface area contributed by atoms with E-state index in [9.17, 15) is 8.78 Å². The van der Waals surface area contributed by atoms with Crippen LogP contribution in [0.1, 0.15) is 12.0 Å². The molecule has 88 valence electrons. The van der Waals surface area contributed by atoms with Crippen molar-refractivity contribution >= 4 is 31.9 Å². The standard InChI is InChI=1S/C13H8Br2F2/c14-9-6-4-8(5-7-9)10-2-1-3-11(15)12(10)13(16)17/h1-7,13H. The van der Waals surface area contributed by atoms with Crippen LogP contribution in [0.2, 0.25) is 0 Å². The summed E-state index contributed by atoms with van der Waals surface area (Å²) in [5, 5.41) is 0. The Hall–Kier alpha value is -0.740. The molecule has 0 atom stereocenters. The Morgan fingerprint density at radius 1 is 0.882 bits per heavy atom. The summed E-state index contributed by atoms with van der Waals surface area (Å²) < 4.78 is 27.4. The van der Waals surface area contributed by atoms with Crippen LogP contribution in [0.15, 0.2) is 51.4 Å². The molecule has 0 amide bonds. The fraction of sp³-hybridized carbons (Fsp3) is 0.0769. The summed E-state index contributed by atoms with van der Waals surface area (Å²) >= 11 is 6.49. The van der Waals surface area contributed by atoms with E-state index < -0.39 is 6.43 Å². The van der Waals surface area contributed by atoms with Crippen LogP contribution in [0.5, 0.6) is 0 Å². The van der Waals surface area contributed by atoms with Crippen LogP contribution in [-0.4, -0.2) is 0 Å². The molecule has 2 aromatic carbocycles. The number of hydrogen-bond acceptors (Lipinski definition) is 0. The number of rotatable bonds is 2. The maximum Gasteiger partial charge on any atom is 0.265 e. The molecule has 0 radical (unpaired) electrons. The zero-order valence-electron chi connectivity index (χ0n) is 8.63. The van der Waals surface area contributed by atoms with Crippen molar-refractivity contribution in [2.24, 2.45) is 0 Å². The third kappa shape index (κ3) is 2.75. The van der Waals surface area contributed by atoms with Gasteiger partial charge in [-0.1, -0.05) is 56.1 Å². The molecule has 0 spiro atoms. The molecule has 0 fully saturated rings. The molecular formula is C13H8Br2F2. The highest BCUT2D eigenvalue weighted by Gasteiger charge is 2.17. The molecule has 17 heavy (non-hydrogen) atoms. The summed E-state index contributed by atoms with van der Waals surface area (Å²) in [6, 6.07) is 12.4. The molecule has 0 N–H and O–H groups in total. The molecule has 0 bridgehead atoms. The fourth-order valence-electron chi connectivity index (χ4n) is 1.64. The molecule has 2 rings (SSSR count). The summed E-state index contributed by atoms with van der Waals surface area (Å²) in [4.78, 5) is 0. The van der Waals surface area contributed by atoms with E-state index in [1.807, 2.05) is 24.3 Å². The van der Waals surface area contributed by atoms with Gasteiger partial charge in [0, 0.05) is 14.5 Å². The Morgan fingerprint density at radius 2 is 1.53 bits per heavy atom. The maximum atomic E-state index is 13.0. The number of alkyl halides is 2. The first-order valence-electron chi connectivity index (χ1n) is 4.92. The van der Waals surface area contributed by atoms with Gasteiger partial charge in [0.2, 0.25) is 0 Å². The van der Waals surface area contributed by atoms with Gasteiger partial charge in [-0.15, -0.1) is 0 Å². The molecule has 0 saturated heterocycles. The van der Waals surface area contributed by atoms with E-state index in [-0.39, 0.29) is 5.56 Å². The Balaban J connectivity index is 2.59. The number of benzene rings is 2. The number of halogens is 4. The Morgan fingerprint density at radius 3 is 2.12 bits per heavy atom. The zero-order chi connectivity index (χ0) is 12.4. The van der Waals surface area contributed by atoms with Crippen LogP contribution < -0.4 is 0 Å². The summed E-state index contributed by atoms with van der Waals surface area (Å²) in [6.45, 7) is 0. The van der Waals surface area contributed by atoms with Gasteiger partial charge in [-0.3, -0.25) is 0 Å². The molecule has 0 aliphatic rings. The predicted octanol–water partition coefficient (Wildman–Crippen LogP) is 5.82. The van der Waals surface area contributed by atoms with E-state index in [1.165, 1.54) is 0 Å². The van der Waals surface area contributed by atoms with E-state index in [2.05, 4.69) is 31.9 Å². The minimum Gasteiger partial charge on any atom is -0.205 e. The lowest BCUT2D eigenvalue weighted by Gasteiger charge is -2.11. The highest BCUT2D eigenvalue weighted by molar-refractivity contribution is 9.10. The minimum absolute atomic E-state index is 0.0369. The van der Waals surface area contributed by atoms with Crippen LogP contribution >= 0.6 is 31.9 Å². The van der Waals surface area contributed by atoms with Crippen molar-refractivity contribution in [2.75, 3.05) is 0 Å². The van der Waals surface area contributed by atoms with Crippen LogP contribution in [0.25, 0.3) is 11.1 Å². The average molecular weight is 362 g/mol. The smallest absolute Gasteiger partial charge is 0.205 e. The molecule has 0 saturated carbocycles. The SMILES string of the molecule is FC(F)c1c(Br)cccc1-c1ccc(Br)cc1. The van der Waals surface area contributed by atoms with Crippen molar-refractivity contribution in [3.8, 4) is 11.1 Å². The average Bonchev–Trinajstić information content (AvgIpc) is 2.29. The third-order valence-electron chi connectivity index (χ3n) is 2.43. The van der Waals surface area contributed by atoms with E-state index in [0.717, 1.165) is 10.0 Å². The number of hydrogen-bond donors (Lipinski definition) is 0. The summed E-state index contributed by atoms with van der Waals surface area (Å²) in [5.41, 5.74) is 1.38. The molecule has 0 unspecified atom stereocenters. The van der Waals surface area contributed by atoms with E-state index in [4.69, 9.17) is 0 Å². The van der Waals surface area contributed by atoms with Crippen molar-refractivity contribution < 1.29 is 8.78 Å². The zero-order valence-corrected chi connectivity index (χ0v) is 11.8. The van der Waals surface area contributed by atoms with Gasteiger partial charge in [-0.2, -0.15) is 0 Å². The second-order valence-electron chi connectivity index (χ2n) is 3.51. The Kier molecular flexibility index (Phi) is 3.94. The lowest BCUT2D eigenvalue weighted by atomic mass is 10.0. The van der Waals surface area contributed by atoms with Gasteiger partial charge in [0.15, 0.2) is 0 Å². The first-order valence-corrected chi connectivity index (χ1v) is 6.50. The molecule has 0 aliphatic carbocycles. The van der Waals surface area contributed by atoms with Crippen molar-refractivity contribution in [1.29, 1.82) is 0 Å². The Labute approximate surface area is 115 Å². The first-order chi connectivity index (χ1) is 8.09. The van der Waals surface area contributed by atoms with Gasteiger partial charge in [0.1, 0.15) is 0 Å². The molecule has 0 nitrogen and oxygen atoms in total. The molecular weight excluding hydrogens is 354 g/mol. The monoisotopic (exact) mass is 360 g/mol.